The van der Waals surface area contributed by atoms with Gasteiger partial charge in [-0.2, -0.15) is 5.10 Å². The van der Waals surface area contributed by atoms with Crippen LogP contribution in [0.3, 0.4) is 0 Å². The molecule has 0 aliphatic rings. The molecule has 0 fully saturated rings. The SMILES string of the molecule is O=Cc1cn(Cc2ccccc2Br)nc1-c1ccoc1. The van der Waals surface area contributed by atoms with Crippen molar-refractivity contribution in [2.75, 3.05) is 0 Å². The molecule has 1 aromatic carbocycles. The number of benzene rings is 1. The van der Waals surface area contributed by atoms with E-state index in [9.17, 15) is 4.79 Å². The normalized spacial score (nSPS) is 10.7. The third-order valence-corrected chi connectivity index (χ3v) is 3.78. The maximum atomic E-state index is 11.2. The van der Waals surface area contributed by atoms with E-state index in [1.165, 1.54) is 0 Å². The van der Waals surface area contributed by atoms with Crippen LogP contribution in [-0.4, -0.2) is 16.1 Å². The summed E-state index contributed by atoms with van der Waals surface area (Å²) in [6, 6.07) is 9.73. The lowest BCUT2D eigenvalue weighted by atomic mass is 10.2. The molecule has 0 radical (unpaired) electrons. The molecule has 0 unspecified atom stereocenters. The molecule has 0 bridgehead atoms. The van der Waals surface area contributed by atoms with Gasteiger partial charge in [0.2, 0.25) is 0 Å². The quantitative estimate of drug-likeness (QED) is 0.684. The van der Waals surface area contributed by atoms with Gasteiger partial charge in [0.25, 0.3) is 0 Å². The molecule has 3 aromatic rings. The Kier molecular flexibility index (Phi) is 3.52. The number of carbonyl (C=O) groups is 1. The van der Waals surface area contributed by atoms with Crippen LogP contribution in [-0.2, 0) is 6.54 Å². The molecule has 0 aliphatic carbocycles. The van der Waals surface area contributed by atoms with Gasteiger partial charge in [-0.25, -0.2) is 0 Å². The molecular weight excluding hydrogens is 320 g/mol. The van der Waals surface area contributed by atoms with Crippen LogP contribution in [0.4, 0.5) is 0 Å². The van der Waals surface area contributed by atoms with Crippen molar-refractivity contribution in [2.45, 2.75) is 6.54 Å². The fraction of sp³-hybridized carbons (Fsp3) is 0.0667. The lowest BCUT2D eigenvalue weighted by molar-refractivity contribution is 0.112. The van der Waals surface area contributed by atoms with Crippen LogP contribution >= 0.6 is 15.9 Å². The van der Waals surface area contributed by atoms with Gasteiger partial charge in [-0.15, -0.1) is 0 Å². The molecule has 0 atom stereocenters. The van der Waals surface area contributed by atoms with E-state index in [0.717, 1.165) is 21.9 Å². The van der Waals surface area contributed by atoms with Crippen LogP contribution in [0.15, 0.2) is 57.9 Å². The number of hydrogen-bond acceptors (Lipinski definition) is 3. The molecule has 3 rings (SSSR count). The molecular formula is C15H11BrN2O2. The number of halogens is 1. The molecule has 0 saturated carbocycles. The first-order valence-electron chi connectivity index (χ1n) is 6.06. The molecule has 2 heterocycles. The zero-order valence-corrected chi connectivity index (χ0v) is 12.1. The third-order valence-electron chi connectivity index (χ3n) is 3.00. The fourth-order valence-corrected chi connectivity index (χ4v) is 2.44. The highest BCUT2D eigenvalue weighted by molar-refractivity contribution is 9.10. The number of furan rings is 1. The van der Waals surface area contributed by atoms with Crippen molar-refractivity contribution < 1.29 is 9.21 Å². The second-order valence-corrected chi connectivity index (χ2v) is 5.21. The molecule has 0 spiro atoms. The predicted molar refractivity (Wildman–Crippen MR) is 78.6 cm³/mol. The molecule has 2 aromatic heterocycles. The van der Waals surface area contributed by atoms with Gasteiger partial charge in [0, 0.05) is 16.2 Å². The third kappa shape index (κ3) is 2.44. The number of aromatic nitrogens is 2. The van der Waals surface area contributed by atoms with E-state index in [1.807, 2.05) is 24.3 Å². The lowest BCUT2D eigenvalue weighted by Crippen LogP contribution is -2.00. The second kappa shape index (κ2) is 5.46. The minimum Gasteiger partial charge on any atom is -0.472 e. The average Bonchev–Trinajstić information content (AvgIpc) is 3.09. The van der Waals surface area contributed by atoms with Crippen molar-refractivity contribution >= 4 is 22.2 Å². The molecule has 0 saturated heterocycles. The number of nitrogens with zero attached hydrogens (tertiary/aromatic N) is 2. The minimum atomic E-state index is 0.554. The minimum absolute atomic E-state index is 0.554. The number of aldehydes is 1. The Hall–Kier alpha value is -2.14. The summed E-state index contributed by atoms with van der Waals surface area (Å²) in [4.78, 5) is 11.2. The van der Waals surface area contributed by atoms with Gasteiger partial charge < -0.3 is 4.42 Å². The monoisotopic (exact) mass is 330 g/mol. The Morgan fingerprint density at radius 2 is 2.15 bits per heavy atom. The van der Waals surface area contributed by atoms with Gasteiger partial charge in [-0.3, -0.25) is 9.48 Å². The van der Waals surface area contributed by atoms with Crippen LogP contribution in [0, 0.1) is 0 Å². The zero-order valence-electron chi connectivity index (χ0n) is 10.5. The summed E-state index contributed by atoms with van der Waals surface area (Å²) >= 11 is 3.51. The zero-order chi connectivity index (χ0) is 13.9. The molecule has 4 nitrogen and oxygen atoms in total. The maximum absolute atomic E-state index is 11.2. The van der Waals surface area contributed by atoms with Crippen LogP contribution in [0.25, 0.3) is 11.3 Å². The van der Waals surface area contributed by atoms with E-state index in [1.54, 1.807) is 29.5 Å². The summed E-state index contributed by atoms with van der Waals surface area (Å²) in [7, 11) is 0. The van der Waals surface area contributed by atoms with Crippen LogP contribution < -0.4 is 0 Å². The molecule has 20 heavy (non-hydrogen) atoms. The Bertz CT molecular complexity index is 732. The van der Waals surface area contributed by atoms with E-state index in [4.69, 9.17) is 4.42 Å². The first-order chi connectivity index (χ1) is 9.78. The van der Waals surface area contributed by atoms with Crippen LogP contribution in [0.5, 0.6) is 0 Å². The second-order valence-electron chi connectivity index (χ2n) is 4.35. The molecule has 5 heteroatoms. The molecule has 0 aliphatic heterocycles. The highest BCUT2D eigenvalue weighted by Crippen LogP contribution is 2.23. The van der Waals surface area contributed by atoms with Crippen molar-refractivity contribution in [3.05, 3.63) is 64.7 Å². The van der Waals surface area contributed by atoms with Gasteiger partial charge in [0.15, 0.2) is 6.29 Å². The van der Waals surface area contributed by atoms with Crippen molar-refractivity contribution in [3.8, 4) is 11.3 Å². The first kappa shape index (κ1) is 12.9. The van der Waals surface area contributed by atoms with E-state index in [0.29, 0.717) is 17.8 Å². The standard InChI is InChI=1S/C15H11BrN2O2/c16-14-4-2-1-3-11(14)7-18-8-13(9-19)15(17-18)12-5-6-20-10-12/h1-6,8-10H,7H2. The van der Waals surface area contributed by atoms with Crippen molar-refractivity contribution in [3.63, 3.8) is 0 Å². The summed E-state index contributed by atoms with van der Waals surface area (Å²) in [5.74, 6) is 0. The van der Waals surface area contributed by atoms with Crippen molar-refractivity contribution in [2.24, 2.45) is 0 Å². The number of carbonyl (C=O) groups excluding carboxylic acids is 1. The largest absolute Gasteiger partial charge is 0.472 e. The Labute approximate surface area is 124 Å². The summed E-state index contributed by atoms with van der Waals surface area (Å²) < 4.78 is 7.82. The summed E-state index contributed by atoms with van der Waals surface area (Å²) in [6.45, 7) is 0.597. The van der Waals surface area contributed by atoms with Gasteiger partial charge in [-0.1, -0.05) is 34.1 Å². The smallest absolute Gasteiger partial charge is 0.153 e. The Morgan fingerprint density at radius 1 is 1.30 bits per heavy atom. The van der Waals surface area contributed by atoms with E-state index < -0.39 is 0 Å². The van der Waals surface area contributed by atoms with Gasteiger partial charge >= 0.3 is 0 Å². The van der Waals surface area contributed by atoms with E-state index in [2.05, 4.69) is 21.0 Å². The topological polar surface area (TPSA) is 48.0 Å². The molecule has 100 valence electrons. The highest BCUT2D eigenvalue weighted by Gasteiger charge is 2.12. The van der Waals surface area contributed by atoms with Crippen molar-refractivity contribution in [1.29, 1.82) is 0 Å². The lowest BCUT2D eigenvalue weighted by Gasteiger charge is -2.04. The molecule has 0 amide bonds. The van der Waals surface area contributed by atoms with E-state index in [-0.39, 0.29) is 0 Å². The van der Waals surface area contributed by atoms with Gasteiger partial charge in [0.1, 0.15) is 5.69 Å². The Morgan fingerprint density at radius 3 is 2.85 bits per heavy atom. The summed E-state index contributed by atoms with van der Waals surface area (Å²) in [6.07, 6.45) is 5.70. The summed E-state index contributed by atoms with van der Waals surface area (Å²) in [5, 5.41) is 4.46. The first-order valence-corrected chi connectivity index (χ1v) is 6.86. The Balaban J connectivity index is 1.96. The predicted octanol–water partition coefficient (Wildman–Crippen LogP) is 3.77. The number of rotatable bonds is 4. The van der Waals surface area contributed by atoms with Crippen LogP contribution in [0.1, 0.15) is 15.9 Å². The van der Waals surface area contributed by atoms with Gasteiger partial charge in [-0.05, 0) is 17.7 Å². The van der Waals surface area contributed by atoms with Crippen LogP contribution in [0.2, 0.25) is 0 Å². The number of hydrogen-bond donors (Lipinski definition) is 0. The van der Waals surface area contributed by atoms with Gasteiger partial charge in [0.05, 0.1) is 24.6 Å². The van der Waals surface area contributed by atoms with Crippen molar-refractivity contribution in [1.82, 2.24) is 9.78 Å². The maximum Gasteiger partial charge on any atom is 0.153 e. The van der Waals surface area contributed by atoms with E-state index >= 15 is 0 Å². The summed E-state index contributed by atoms with van der Waals surface area (Å²) in [5.41, 5.74) is 3.10. The fourth-order valence-electron chi connectivity index (χ4n) is 2.03. The highest BCUT2D eigenvalue weighted by atomic mass is 79.9. The average molecular weight is 331 g/mol. The molecule has 0 N–H and O–H groups in total.